The van der Waals surface area contributed by atoms with E-state index in [4.69, 9.17) is 5.73 Å². The molecule has 0 radical (unpaired) electrons. The molecule has 21 heavy (non-hydrogen) atoms. The quantitative estimate of drug-likeness (QED) is 0.657. The molecule has 9 heteroatoms. The first-order chi connectivity index (χ1) is 9.42. The van der Waals surface area contributed by atoms with Crippen molar-refractivity contribution < 1.29 is 22.9 Å². The maximum atomic E-state index is 12.5. The molecule has 0 aliphatic heterocycles. The highest BCUT2D eigenvalue weighted by molar-refractivity contribution is 5.98. The monoisotopic (exact) mass is 305 g/mol. The number of amides is 1. The van der Waals surface area contributed by atoms with Gasteiger partial charge in [-0.1, -0.05) is 0 Å². The molecule has 1 rings (SSSR count). The highest BCUT2D eigenvalue weighted by Gasteiger charge is 2.34. The summed E-state index contributed by atoms with van der Waals surface area (Å²) in [5, 5.41) is 13.2. The van der Waals surface area contributed by atoms with E-state index < -0.39 is 39.4 Å². The lowest BCUT2D eigenvalue weighted by molar-refractivity contribution is -0.385. The maximum absolute atomic E-state index is 12.5. The van der Waals surface area contributed by atoms with Gasteiger partial charge in [0.2, 0.25) is 0 Å². The number of nitrogens with zero attached hydrogens (tertiary/aromatic N) is 1. The molecule has 3 N–H and O–H groups in total. The van der Waals surface area contributed by atoms with Crippen molar-refractivity contribution in [2.45, 2.75) is 25.6 Å². The summed E-state index contributed by atoms with van der Waals surface area (Å²) in [6.45, 7) is 3.26. The Balaban J connectivity index is 3.13. The van der Waals surface area contributed by atoms with Crippen LogP contribution in [0.3, 0.4) is 0 Å². The number of nitro groups is 1. The zero-order valence-electron chi connectivity index (χ0n) is 11.3. The molecule has 0 heterocycles. The van der Waals surface area contributed by atoms with Gasteiger partial charge >= 0.3 is 6.18 Å². The fourth-order valence-electron chi connectivity index (χ4n) is 1.45. The Bertz CT molecular complexity index is 565. The number of nitrogens with two attached hydrogens (primary N) is 1. The molecule has 0 saturated heterocycles. The minimum Gasteiger partial charge on any atom is -0.350 e. The molecular formula is C12H14F3N3O3. The number of benzene rings is 1. The molecule has 0 fully saturated rings. The third-order valence-electron chi connectivity index (χ3n) is 2.47. The molecule has 1 amide bonds. The van der Waals surface area contributed by atoms with Crippen LogP contribution in [0.5, 0.6) is 0 Å². The van der Waals surface area contributed by atoms with E-state index in [9.17, 15) is 28.1 Å². The first kappa shape index (κ1) is 16.9. The number of alkyl halides is 3. The number of carbonyl (C=O) groups is 1. The van der Waals surface area contributed by atoms with Crippen LogP contribution in [0.15, 0.2) is 18.2 Å². The first-order valence-corrected chi connectivity index (χ1v) is 5.84. The number of nitro benzene ring substituents is 1. The Hall–Kier alpha value is -2.16. The van der Waals surface area contributed by atoms with Crippen LogP contribution in [-0.4, -0.2) is 22.9 Å². The van der Waals surface area contributed by atoms with Gasteiger partial charge in [-0.15, -0.1) is 0 Å². The minimum absolute atomic E-state index is 0.0179. The molecule has 0 bridgehead atoms. The van der Waals surface area contributed by atoms with Gasteiger partial charge in [-0.2, -0.15) is 13.2 Å². The van der Waals surface area contributed by atoms with Gasteiger partial charge in [0.05, 0.1) is 10.5 Å². The second kappa shape index (κ2) is 5.68. The lowest BCUT2D eigenvalue weighted by atomic mass is 10.1. The smallest absolute Gasteiger partial charge is 0.350 e. The Kier molecular flexibility index (Phi) is 4.57. The molecule has 1 aromatic rings. The molecule has 0 aliphatic carbocycles. The molecule has 0 saturated carbocycles. The van der Waals surface area contributed by atoms with Gasteiger partial charge < -0.3 is 11.1 Å². The first-order valence-electron chi connectivity index (χ1n) is 5.84. The molecule has 116 valence electrons. The number of nitrogens with one attached hydrogen (secondary N) is 1. The molecule has 0 unspecified atom stereocenters. The van der Waals surface area contributed by atoms with Crippen LogP contribution in [0.2, 0.25) is 0 Å². The van der Waals surface area contributed by atoms with E-state index in [2.05, 4.69) is 5.32 Å². The van der Waals surface area contributed by atoms with Crippen LogP contribution in [0.4, 0.5) is 18.9 Å². The third kappa shape index (κ3) is 4.71. The number of rotatable bonds is 4. The third-order valence-corrected chi connectivity index (χ3v) is 2.47. The van der Waals surface area contributed by atoms with Crippen LogP contribution in [0, 0.1) is 10.1 Å². The summed E-state index contributed by atoms with van der Waals surface area (Å²) in [5.41, 5.74) is 2.35. The van der Waals surface area contributed by atoms with Crippen LogP contribution in [0.1, 0.15) is 29.8 Å². The van der Waals surface area contributed by atoms with Crippen LogP contribution >= 0.6 is 0 Å². The predicted octanol–water partition coefficient (Wildman–Crippen LogP) is 2.08. The largest absolute Gasteiger partial charge is 0.416 e. The number of hydrogen-bond donors (Lipinski definition) is 2. The van der Waals surface area contributed by atoms with E-state index in [1.165, 1.54) is 0 Å². The predicted molar refractivity (Wildman–Crippen MR) is 68.7 cm³/mol. The number of halogens is 3. The molecular weight excluding hydrogens is 291 g/mol. The van der Waals surface area contributed by atoms with E-state index in [-0.39, 0.29) is 6.54 Å². The molecule has 0 aliphatic rings. The summed E-state index contributed by atoms with van der Waals surface area (Å²) in [6, 6.07) is 1.73. The van der Waals surface area contributed by atoms with Crippen molar-refractivity contribution in [1.82, 2.24) is 5.32 Å². The molecule has 0 spiro atoms. The fourth-order valence-corrected chi connectivity index (χ4v) is 1.45. The van der Waals surface area contributed by atoms with Crippen LogP contribution in [0.25, 0.3) is 0 Å². The minimum atomic E-state index is -4.72. The van der Waals surface area contributed by atoms with Crippen LogP contribution in [-0.2, 0) is 6.18 Å². The molecule has 0 aromatic heterocycles. The number of carbonyl (C=O) groups excluding carboxylic acids is 1. The SMILES string of the molecule is CC(C)(N)CNC(=O)c1ccc(C(F)(F)F)cc1[N+](=O)[O-]. The molecule has 6 nitrogen and oxygen atoms in total. The lowest BCUT2D eigenvalue weighted by Gasteiger charge is -2.19. The van der Waals surface area contributed by atoms with Crippen molar-refractivity contribution in [3.63, 3.8) is 0 Å². The Labute approximate surface area is 118 Å². The standard InChI is InChI=1S/C12H14F3N3O3/c1-11(2,16)6-17-10(19)8-4-3-7(12(13,14)15)5-9(8)18(20)21/h3-5H,6,16H2,1-2H3,(H,17,19). The van der Waals surface area contributed by atoms with Crippen molar-refractivity contribution in [2.75, 3.05) is 6.54 Å². The highest BCUT2D eigenvalue weighted by Crippen LogP contribution is 2.32. The Morgan fingerprint density at radius 1 is 1.38 bits per heavy atom. The van der Waals surface area contributed by atoms with E-state index in [0.717, 1.165) is 6.07 Å². The van der Waals surface area contributed by atoms with Gasteiger partial charge in [0.1, 0.15) is 5.56 Å². The van der Waals surface area contributed by atoms with Crippen molar-refractivity contribution >= 4 is 11.6 Å². The van der Waals surface area contributed by atoms with E-state index in [1.807, 2.05) is 0 Å². The van der Waals surface area contributed by atoms with E-state index in [0.29, 0.717) is 12.1 Å². The van der Waals surface area contributed by atoms with Crippen LogP contribution < -0.4 is 11.1 Å². The summed E-state index contributed by atoms with van der Waals surface area (Å²) in [4.78, 5) is 21.6. The zero-order valence-corrected chi connectivity index (χ0v) is 11.3. The lowest BCUT2D eigenvalue weighted by Crippen LogP contribution is -2.45. The number of hydrogen-bond acceptors (Lipinski definition) is 4. The van der Waals surface area contributed by atoms with Crippen molar-refractivity contribution in [3.8, 4) is 0 Å². The average molecular weight is 305 g/mol. The van der Waals surface area contributed by atoms with E-state index in [1.54, 1.807) is 13.8 Å². The van der Waals surface area contributed by atoms with Crippen molar-refractivity contribution in [2.24, 2.45) is 5.73 Å². The van der Waals surface area contributed by atoms with Gasteiger partial charge in [0.25, 0.3) is 11.6 Å². The summed E-state index contributed by atoms with van der Waals surface area (Å²) in [7, 11) is 0. The van der Waals surface area contributed by atoms with Gasteiger partial charge in [0, 0.05) is 18.2 Å². The van der Waals surface area contributed by atoms with Gasteiger partial charge in [-0.3, -0.25) is 14.9 Å². The fraction of sp³-hybridized carbons (Fsp3) is 0.417. The van der Waals surface area contributed by atoms with Gasteiger partial charge in [0.15, 0.2) is 0 Å². The molecule has 1 aromatic carbocycles. The summed E-state index contributed by atoms with van der Waals surface area (Å²) in [6.07, 6.45) is -4.72. The van der Waals surface area contributed by atoms with Crippen molar-refractivity contribution in [3.05, 3.63) is 39.4 Å². The summed E-state index contributed by atoms with van der Waals surface area (Å²) >= 11 is 0. The van der Waals surface area contributed by atoms with E-state index >= 15 is 0 Å². The highest BCUT2D eigenvalue weighted by atomic mass is 19.4. The second-order valence-corrected chi connectivity index (χ2v) is 5.16. The molecule has 0 atom stereocenters. The normalized spacial score (nSPS) is 12.1. The maximum Gasteiger partial charge on any atom is 0.416 e. The second-order valence-electron chi connectivity index (χ2n) is 5.16. The summed E-state index contributed by atoms with van der Waals surface area (Å²) in [5.74, 6) is -0.853. The average Bonchev–Trinajstić information content (AvgIpc) is 2.33. The van der Waals surface area contributed by atoms with Gasteiger partial charge in [-0.05, 0) is 26.0 Å². The zero-order chi connectivity index (χ0) is 16.4. The topological polar surface area (TPSA) is 98.3 Å². The summed E-state index contributed by atoms with van der Waals surface area (Å²) < 4.78 is 37.6. The Morgan fingerprint density at radius 2 is 1.95 bits per heavy atom. The van der Waals surface area contributed by atoms with Gasteiger partial charge in [-0.25, -0.2) is 0 Å². The Morgan fingerprint density at radius 3 is 2.38 bits per heavy atom. The van der Waals surface area contributed by atoms with Crippen molar-refractivity contribution in [1.29, 1.82) is 0 Å².